The lowest BCUT2D eigenvalue weighted by Gasteiger charge is -2.10. The van der Waals surface area contributed by atoms with E-state index >= 15 is 0 Å². The molecule has 0 saturated carbocycles. The maximum Gasteiger partial charge on any atom is 0.232 e. The van der Waals surface area contributed by atoms with E-state index < -0.39 is 0 Å². The van der Waals surface area contributed by atoms with Crippen LogP contribution >= 0.6 is 23.2 Å². The van der Waals surface area contributed by atoms with E-state index in [1.54, 1.807) is 24.3 Å². The Morgan fingerprint density at radius 1 is 1.04 bits per heavy atom. The second-order valence-electron chi connectivity index (χ2n) is 6.49. The van der Waals surface area contributed by atoms with E-state index in [0.29, 0.717) is 32.9 Å². The van der Waals surface area contributed by atoms with E-state index in [1.165, 1.54) is 0 Å². The van der Waals surface area contributed by atoms with Crippen molar-refractivity contribution in [1.29, 1.82) is 0 Å². The molecule has 3 nitrogen and oxygen atoms in total. The van der Waals surface area contributed by atoms with E-state index in [0.717, 1.165) is 16.7 Å². The summed E-state index contributed by atoms with van der Waals surface area (Å²) < 4.78 is 11.7. The van der Waals surface area contributed by atoms with Crippen molar-refractivity contribution in [2.24, 2.45) is 0 Å². The molecule has 0 spiro atoms. The van der Waals surface area contributed by atoms with Crippen molar-refractivity contribution in [1.82, 2.24) is 0 Å². The molecule has 0 radical (unpaired) electrons. The Balaban J connectivity index is 1.57. The molecule has 1 heterocycles. The number of aryl methyl sites for hydroxylation is 1. The summed E-state index contributed by atoms with van der Waals surface area (Å²) in [6.07, 6.45) is 1.75. The van der Waals surface area contributed by atoms with Gasteiger partial charge >= 0.3 is 0 Å². The van der Waals surface area contributed by atoms with Crippen molar-refractivity contribution in [3.8, 4) is 11.5 Å². The zero-order valence-corrected chi connectivity index (χ0v) is 16.6. The minimum atomic E-state index is -0.122. The van der Waals surface area contributed by atoms with Crippen LogP contribution in [0.15, 0.2) is 66.4 Å². The second kappa shape index (κ2) is 7.70. The van der Waals surface area contributed by atoms with Crippen molar-refractivity contribution in [3.63, 3.8) is 0 Å². The minimum Gasteiger partial charge on any atom is -0.489 e. The van der Waals surface area contributed by atoms with Crippen molar-refractivity contribution in [2.45, 2.75) is 13.5 Å². The van der Waals surface area contributed by atoms with Crippen molar-refractivity contribution in [3.05, 3.63) is 98.7 Å². The summed E-state index contributed by atoms with van der Waals surface area (Å²) in [5.41, 5.74) is 3.10. The van der Waals surface area contributed by atoms with Crippen molar-refractivity contribution < 1.29 is 14.3 Å². The summed E-state index contributed by atoms with van der Waals surface area (Å²) in [4.78, 5) is 12.7. The van der Waals surface area contributed by atoms with Gasteiger partial charge in [0.2, 0.25) is 5.78 Å². The number of halogens is 2. The zero-order valence-electron chi connectivity index (χ0n) is 15.0. The molecular weight excluding hydrogens is 395 g/mol. The largest absolute Gasteiger partial charge is 0.489 e. The van der Waals surface area contributed by atoms with Crippen LogP contribution in [-0.4, -0.2) is 5.78 Å². The van der Waals surface area contributed by atoms with Gasteiger partial charge in [-0.15, -0.1) is 0 Å². The normalized spacial score (nSPS) is 14.1. The zero-order chi connectivity index (χ0) is 19.7. The van der Waals surface area contributed by atoms with Gasteiger partial charge in [-0.25, -0.2) is 0 Å². The number of benzene rings is 3. The van der Waals surface area contributed by atoms with Crippen LogP contribution in [0.2, 0.25) is 10.0 Å². The molecule has 0 fully saturated rings. The van der Waals surface area contributed by atoms with Crippen LogP contribution in [0, 0.1) is 6.92 Å². The Kier molecular flexibility index (Phi) is 5.12. The van der Waals surface area contributed by atoms with Crippen LogP contribution in [0.5, 0.6) is 11.5 Å². The Hall–Kier alpha value is -2.75. The maximum atomic E-state index is 12.7. The predicted octanol–water partition coefficient (Wildman–Crippen LogP) is 6.50. The Labute approximate surface area is 173 Å². The quantitative estimate of drug-likeness (QED) is 0.460. The molecule has 1 aliphatic rings. The fraction of sp³-hybridized carbons (Fsp3) is 0.0870. The van der Waals surface area contributed by atoms with E-state index in [2.05, 4.69) is 0 Å². The van der Waals surface area contributed by atoms with Crippen LogP contribution < -0.4 is 9.47 Å². The summed E-state index contributed by atoms with van der Waals surface area (Å²) in [7, 11) is 0. The second-order valence-corrected chi connectivity index (χ2v) is 7.33. The number of allylic oxidation sites excluding steroid dienone is 1. The summed E-state index contributed by atoms with van der Waals surface area (Å²) in [6, 6.07) is 18.4. The number of fused-ring (bicyclic) bond motifs is 1. The highest BCUT2D eigenvalue weighted by atomic mass is 35.5. The number of carbonyl (C=O) groups is 1. The number of rotatable bonds is 4. The average Bonchev–Trinajstić information content (AvgIpc) is 2.98. The lowest BCUT2D eigenvalue weighted by atomic mass is 10.0. The minimum absolute atomic E-state index is 0.122. The Morgan fingerprint density at radius 2 is 1.82 bits per heavy atom. The van der Waals surface area contributed by atoms with Crippen LogP contribution in [-0.2, 0) is 6.61 Å². The highest BCUT2D eigenvalue weighted by Gasteiger charge is 2.30. The number of hydrogen-bond acceptors (Lipinski definition) is 3. The fourth-order valence-electron chi connectivity index (χ4n) is 3.06. The molecule has 5 heteroatoms. The van der Waals surface area contributed by atoms with Gasteiger partial charge in [-0.3, -0.25) is 4.79 Å². The van der Waals surface area contributed by atoms with Crippen molar-refractivity contribution >= 4 is 35.1 Å². The van der Waals surface area contributed by atoms with Crippen LogP contribution in [0.4, 0.5) is 0 Å². The number of Topliss-reactive ketones (excluding diaryl/α,β-unsaturated/α-hetero) is 1. The molecular formula is C23H16Cl2O3. The van der Waals surface area contributed by atoms with E-state index in [-0.39, 0.29) is 12.4 Å². The van der Waals surface area contributed by atoms with Gasteiger partial charge in [-0.2, -0.15) is 0 Å². The smallest absolute Gasteiger partial charge is 0.232 e. The first-order chi connectivity index (χ1) is 13.5. The third kappa shape index (κ3) is 3.77. The summed E-state index contributed by atoms with van der Waals surface area (Å²) in [6.45, 7) is 2.16. The molecule has 0 amide bonds. The molecule has 0 N–H and O–H groups in total. The fourth-order valence-corrected chi connectivity index (χ4v) is 3.52. The molecule has 1 aliphatic heterocycles. The molecule has 3 aromatic carbocycles. The third-order valence-corrected chi connectivity index (χ3v) is 5.04. The first-order valence-electron chi connectivity index (χ1n) is 8.72. The predicted molar refractivity (Wildman–Crippen MR) is 111 cm³/mol. The van der Waals surface area contributed by atoms with Crippen molar-refractivity contribution in [2.75, 3.05) is 0 Å². The molecule has 0 saturated heterocycles. The molecule has 0 aliphatic carbocycles. The van der Waals surface area contributed by atoms with E-state index in [9.17, 15) is 4.79 Å². The molecule has 140 valence electrons. The SMILES string of the molecule is Cc1cc(OCc2ccc(Cl)cc2Cl)cc2c1C(=O)/C(=C/c1ccccc1)O2. The van der Waals surface area contributed by atoms with E-state index in [4.69, 9.17) is 32.7 Å². The van der Waals surface area contributed by atoms with Gasteiger partial charge in [-0.05, 0) is 42.3 Å². The third-order valence-electron chi connectivity index (χ3n) is 4.45. The van der Waals surface area contributed by atoms with Gasteiger partial charge in [0.1, 0.15) is 18.1 Å². The van der Waals surface area contributed by atoms with Crippen LogP contribution in [0.1, 0.15) is 27.0 Å². The van der Waals surface area contributed by atoms with Crippen LogP contribution in [0.3, 0.4) is 0 Å². The molecule has 28 heavy (non-hydrogen) atoms. The first-order valence-corrected chi connectivity index (χ1v) is 9.47. The lowest BCUT2D eigenvalue weighted by molar-refractivity contribution is 0.101. The van der Waals surface area contributed by atoms with Gasteiger partial charge in [0.15, 0.2) is 5.76 Å². The molecule has 0 aromatic heterocycles. The van der Waals surface area contributed by atoms with Gasteiger partial charge < -0.3 is 9.47 Å². The maximum absolute atomic E-state index is 12.7. The first kappa shape index (κ1) is 18.6. The number of carbonyl (C=O) groups excluding carboxylic acids is 1. The number of ketones is 1. The van der Waals surface area contributed by atoms with Crippen LogP contribution in [0.25, 0.3) is 6.08 Å². The molecule has 0 unspecified atom stereocenters. The van der Waals surface area contributed by atoms with E-state index in [1.807, 2.05) is 49.4 Å². The van der Waals surface area contributed by atoms with Gasteiger partial charge in [0.25, 0.3) is 0 Å². The standard InChI is InChI=1S/C23H16Cl2O3/c1-14-9-18(27-13-16-7-8-17(24)11-19(16)25)12-20-22(14)23(26)21(28-20)10-15-5-3-2-4-6-15/h2-12H,13H2,1H3/b21-10-. The molecule has 0 atom stereocenters. The summed E-state index contributed by atoms with van der Waals surface area (Å²) in [5.74, 6) is 1.30. The Bertz CT molecular complexity index is 1090. The topological polar surface area (TPSA) is 35.5 Å². The average molecular weight is 411 g/mol. The molecule has 3 aromatic rings. The molecule has 4 rings (SSSR count). The summed E-state index contributed by atoms with van der Waals surface area (Å²) in [5, 5.41) is 1.12. The highest BCUT2D eigenvalue weighted by molar-refractivity contribution is 6.35. The number of ether oxygens (including phenoxy) is 2. The molecule has 0 bridgehead atoms. The number of hydrogen-bond donors (Lipinski definition) is 0. The van der Waals surface area contributed by atoms with Gasteiger partial charge in [-0.1, -0.05) is 59.6 Å². The summed E-state index contributed by atoms with van der Waals surface area (Å²) >= 11 is 12.1. The van der Waals surface area contributed by atoms with Gasteiger partial charge in [0, 0.05) is 21.7 Å². The lowest BCUT2D eigenvalue weighted by Crippen LogP contribution is -2.00. The van der Waals surface area contributed by atoms with Gasteiger partial charge in [0.05, 0.1) is 5.56 Å². The monoisotopic (exact) mass is 410 g/mol. The highest BCUT2D eigenvalue weighted by Crippen LogP contribution is 2.38. The Morgan fingerprint density at radius 3 is 2.57 bits per heavy atom.